The summed E-state index contributed by atoms with van der Waals surface area (Å²) in [5.74, 6) is 1.04. The third-order valence-corrected chi connectivity index (χ3v) is 6.87. The number of aliphatic hydroxyl groups is 1. The van der Waals surface area contributed by atoms with Gasteiger partial charge in [0.2, 0.25) is 5.91 Å². The van der Waals surface area contributed by atoms with Crippen LogP contribution in [0.2, 0.25) is 0 Å². The average Bonchev–Trinajstić information content (AvgIpc) is 3.35. The smallest absolute Gasteiger partial charge is 0.237 e. The number of aromatic nitrogens is 1. The summed E-state index contributed by atoms with van der Waals surface area (Å²) in [5, 5.41) is 12.2. The summed E-state index contributed by atoms with van der Waals surface area (Å²) in [7, 11) is 3.89. The molecule has 0 bridgehead atoms. The Bertz CT molecular complexity index is 852. The molecule has 3 heterocycles. The average molecular weight is 401 g/mol. The monoisotopic (exact) mass is 400 g/mol. The first-order chi connectivity index (χ1) is 13.5. The molecule has 0 unspecified atom stereocenters. The summed E-state index contributed by atoms with van der Waals surface area (Å²) in [4.78, 5) is 23.9. The van der Waals surface area contributed by atoms with Crippen molar-refractivity contribution < 1.29 is 9.90 Å². The minimum absolute atomic E-state index is 0.0180. The van der Waals surface area contributed by atoms with E-state index in [4.69, 9.17) is 0 Å². The largest absolute Gasteiger partial charge is 0.390 e. The van der Waals surface area contributed by atoms with Crippen LogP contribution in [0.25, 0.3) is 0 Å². The van der Waals surface area contributed by atoms with E-state index in [1.54, 1.807) is 11.3 Å². The lowest BCUT2D eigenvalue weighted by atomic mass is 9.87. The van der Waals surface area contributed by atoms with Gasteiger partial charge in [-0.2, -0.15) is 0 Å². The Morgan fingerprint density at radius 3 is 2.75 bits per heavy atom. The van der Waals surface area contributed by atoms with E-state index in [0.717, 1.165) is 30.5 Å². The fourth-order valence-electron chi connectivity index (χ4n) is 4.65. The van der Waals surface area contributed by atoms with Crippen molar-refractivity contribution in [1.82, 2.24) is 14.8 Å². The van der Waals surface area contributed by atoms with E-state index in [9.17, 15) is 9.90 Å². The molecule has 0 saturated carbocycles. The van der Waals surface area contributed by atoms with Gasteiger partial charge in [0, 0.05) is 36.9 Å². The molecule has 2 fully saturated rings. The highest BCUT2D eigenvalue weighted by Crippen LogP contribution is 2.47. The number of fused-ring (bicyclic) bond motifs is 1. The van der Waals surface area contributed by atoms with Crippen molar-refractivity contribution >= 4 is 22.4 Å². The molecule has 0 spiro atoms. The molecule has 1 amide bonds. The van der Waals surface area contributed by atoms with Crippen LogP contribution in [-0.2, 0) is 11.4 Å². The number of hydrogen-bond acceptors (Lipinski definition) is 6. The zero-order chi connectivity index (χ0) is 19.8. The molecule has 0 aliphatic carbocycles. The Balaban J connectivity index is 1.62. The Morgan fingerprint density at radius 1 is 1.29 bits per heavy atom. The molecule has 2 aliphatic heterocycles. The number of hydrogen-bond donors (Lipinski definition) is 1. The van der Waals surface area contributed by atoms with Crippen LogP contribution in [0, 0.1) is 18.8 Å². The van der Waals surface area contributed by atoms with Crippen molar-refractivity contribution in [2.24, 2.45) is 11.8 Å². The second-order valence-corrected chi connectivity index (χ2v) is 9.03. The number of amides is 1. The maximum absolute atomic E-state index is 13.0. The van der Waals surface area contributed by atoms with Crippen molar-refractivity contribution in [1.29, 1.82) is 0 Å². The maximum Gasteiger partial charge on any atom is 0.237 e. The predicted molar refractivity (Wildman–Crippen MR) is 111 cm³/mol. The fraction of sp³-hybridized carbons (Fsp3) is 0.524. The molecule has 3 atom stereocenters. The van der Waals surface area contributed by atoms with Gasteiger partial charge in [-0.25, -0.2) is 4.98 Å². The summed E-state index contributed by atoms with van der Waals surface area (Å²) in [6.45, 7) is 5.17. The summed E-state index contributed by atoms with van der Waals surface area (Å²) in [6, 6.07) is 8.56. The standard InChI is InChI=1S/C21H28N4O2S/c1-14-6-4-5-7-17(14)20-18-10-24(21-22-16(12-26)13-28-21)8-15(18)9-25(20)19(27)11-23(2)3/h4-7,13,15,18,20,26H,8-12H2,1-3H3/t15-,18-,20+/m1/s1. The molecule has 1 aromatic carbocycles. The van der Waals surface area contributed by atoms with Crippen molar-refractivity contribution in [3.05, 3.63) is 46.5 Å². The highest BCUT2D eigenvalue weighted by atomic mass is 32.1. The number of carbonyl (C=O) groups excluding carboxylic acids is 1. The number of nitrogens with zero attached hydrogens (tertiary/aromatic N) is 4. The topological polar surface area (TPSA) is 59.9 Å². The molecule has 2 aliphatic rings. The first-order valence-electron chi connectivity index (χ1n) is 9.78. The maximum atomic E-state index is 13.0. The van der Waals surface area contributed by atoms with Crippen LogP contribution in [0.1, 0.15) is 22.9 Å². The molecular weight excluding hydrogens is 372 g/mol. The van der Waals surface area contributed by atoms with Crippen LogP contribution in [0.3, 0.4) is 0 Å². The molecule has 6 nitrogen and oxygen atoms in total. The highest BCUT2D eigenvalue weighted by molar-refractivity contribution is 7.13. The lowest BCUT2D eigenvalue weighted by Gasteiger charge is -2.31. The fourth-order valence-corrected chi connectivity index (χ4v) is 5.49. The molecule has 7 heteroatoms. The lowest BCUT2D eigenvalue weighted by Crippen LogP contribution is -2.40. The number of aliphatic hydroxyl groups excluding tert-OH is 1. The summed E-state index contributed by atoms with van der Waals surface area (Å²) in [5.41, 5.74) is 3.24. The van der Waals surface area contributed by atoms with Crippen molar-refractivity contribution in [2.45, 2.75) is 19.6 Å². The zero-order valence-corrected chi connectivity index (χ0v) is 17.5. The normalized spacial score (nSPS) is 24.2. The molecule has 28 heavy (non-hydrogen) atoms. The number of anilines is 1. The Morgan fingerprint density at radius 2 is 2.07 bits per heavy atom. The van der Waals surface area contributed by atoms with Crippen LogP contribution in [-0.4, -0.2) is 66.1 Å². The van der Waals surface area contributed by atoms with Gasteiger partial charge in [-0.1, -0.05) is 24.3 Å². The van der Waals surface area contributed by atoms with Gasteiger partial charge < -0.3 is 19.8 Å². The Kier molecular flexibility index (Phi) is 5.40. The van der Waals surface area contributed by atoms with E-state index in [-0.39, 0.29) is 18.6 Å². The van der Waals surface area contributed by atoms with Gasteiger partial charge in [-0.15, -0.1) is 11.3 Å². The van der Waals surface area contributed by atoms with Gasteiger partial charge in [0.15, 0.2) is 5.13 Å². The quantitative estimate of drug-likeness (QED) is 0.833. The number of thiazole rings is 1. The van der Waals surface area contributed by atoms with E-state index in [1.165, 1.54) is 11.1 Å². The molecule has 4 rings (SSSR count). The SMILES string of the molecule is Cc1ccccc1[C@H]1[C@@H]2CN(c3nc(CO)cs3)C[C@@H]2CN1C(=O)CN(C)C. The Hall–Kier alpha value is -1.96. The van der Waals surface area contributed by atoms with Gasteiger partial charge in [0.1, 0.15) is 0 Å². The summed E-state index contributed by atoms with van der Waals surface area (Å²) >= 11 is 1.59. The number of rotatable bonds is 5. The predicted octanol–water partition coefficient (Wildman–Crippen LogP) is 2.14. The summed E-state index contributed by atoms with van der Waals surface area (Å²) < 4.78 is 0. The first kappa shape index (κ1) is 19.4. The molecule has 2 saturated heterocycles. The molecule has 1 aromatic heterocycles. The first-order valence-corrected chi connectivity index (χ1v) is 10.7. The third-order valence-electron chi connectivity index (χ3n) is 5.92. The molecule has 0 radical (unpaired) electrons. The van der Waals surface area contributed by atoms with Gasteiger partial charge in [0.05, 0.1) is 24.9 Å². The highest BCUT2D eigenvalue weighted by Gasteiger charge is 2.49. The second kappa shape index (κ2) is 7.81. The van der Waals surface area contributed by atoms with E-state index >= 15 is 0 Å². The molecule has 1 N–H and O–H groups in total. The van der Waals surface area contributed by atoms with Crippen LogP contribution in [0.5, 0.6) is 0 Å². The van der Waals surface area contributed by atoms with E-state index in [1.807, 2.05) is 24.4 Å². The second-order valence-electron chi connectivity index (χ2n) is 8.19. The van der Waals surface area contributed by atoms with Crippen molar-refractivity contribution in [3.63, 3.8) is 0 Å². The van der Waals surface area contributed by atoms with Crippen LogP contribution < -0.4 is 4.90 Å². The van der Waals surface area contributed by atoms with Crippen molar-refractivity contribution in [3.8, 4) is 0 Å². The van der Waals surface area contributed by atoms with Crippen LogP contribution in [0.15, 0.2) is 29.6 Å². The van der Waals surface area contributed by atoms with Gasteiger partial charge in [-0.3, -0.25) is 4.79 Å². The minimum atomic E-state index is -0.0180. The molecule has 150 valence electrons. The third kappa shape index (κ3) is 3.54. The number of likely N-dealkylation sites (N-methyl/N-ethyl adjacent to an activating group) is 1. The van der Waals surface area contributed by atoms with E-state index in [2.05, 4.69) is 46.0 Å². The number of likely N-dealkylation sites (tertiary alicyclic amines) is 1. The van der Waals surface area contributed by atoms with E-state index in [0.29, 0.717) is 18.4 Å². The number of aryl methyl sites for hydroxylation is 1. The lowest BCUT2D eigenvalue weighted by molar-refractivity contribution is -0.133. The van der Waals surface area contributed by atoms with Gasteiger partial charge in [-0.05, 0) is 32.1 Å². The van der Waals surface area contributed by atoms with Crippen molar-refractivity contribution in [2.75, 3.05) is 45.2 Å². The Labute approximate surface area is 170 Å². The van der Waals surface area contributed by atoms with Crippen LogP contribution in [0.4, 0.5) is 5.13 Å². The molecular formula is C21H28N4O2S. The number of benzene rings is 1. The minimum Gasteiger partial charge on any atom is -0.390 e. The zero-order valence-electron chi connectivity index (χ0n) is 16.7. The van der Waals surface area contributed by atoms with E-state index < -0.39 is 0 Å². The molecule has 2 aromatic rings. The van der Waals surface area contributed by atoms with Gasteiger partial charge >= 0.3 is 0 Å². The van der Waals surface area contributed by atoms with Gasteiger partial charge in [0.25, 0.3) is 0 Å². The number of carbonyl (C=O) groups is 1. The summed E-state index contributed by atoms with van der Waals surface area (Å²) in [6.07, 6.45) is 0. The van der Waals surface area contributed by atoms with Crippen LogP contribution >= 0.6 is 11.3 Å².